The van der Waals surface area contributed by atoms with Crippen molar-refractivity contribution in [2.24, 2.45) is 11.1 Å². The molecule has 0 bridgehead atoms. The number of ether oxygens (including phenoxy) is 1. The second-order valence-corrected chi connectivity index (χ2v) is 8.23. The zero-order chi connectivity index (χ0) is 17.0. The van der Waals surface area contributed by atoms with Gasteiger partial charge in [0.1, 0.15) is 10.8 Å². The Balaban J connectivity index is 2.60. The Morgan fingerprint density at radius 1 is 1.27 bits per heavy atom. The van der Waals surface area contributed by atoms with E-state index in [0.717, 1.165) is 12.7 Å². The van der Waals surface area contributed by atoms with Gasteiger partial charge in [-0.1, -0.05) is 16.8 Å². The summed E-state index contributed by atoms with van der Waals surface area (Å²) in [5.41, 5.74) is -0.536. The Hall–Kier alpha value is -1.02. The molecule has 0 spiro atoms. The van der Waals surface area contributed by atoms with Crippen LogP contribution in [0.25, 0.3) is 0 Å². The molecular formula is C13H23ClN2O5S. The molecule has 1 aliphatic heterocycles. The van der Waals surface area contributed by atoms with Crippen molar-refractivity contribution in [2.75, 3.05) is 19.3 Å². The van der Waals surface area contributed by atoms with Crippen molar-refractivity contribution in [3.63, 3.8) is 0 Å². The topological polar surface area (TPSA) is 85.3 Å². The van der Waals surface area contributed by atoms with Crippen molar-refractivity contribution >= 4 is 33.0 Å². The molecule has 0 aliphatic carbocycles. The molecule has 1 amide bonds. The van der Waals surface area contributed by atoms with E-state index in [0.29, 0.717) is 25.9 Å². The molecule has 1 heterocycles. The molecule has 0 aromatic carbocycles. The molecule has 1 atom stereocenters. The Morgan fingerprint density at radius 3 is 2.45 bits per heavy atom. The van der Waals surface area contributed by atoms with Crippen LogP contribution in [0.2, 0.25) is 0 Å². The summed E-state index contributed by atoms with van der Waals surface area (Å²) in [6, 6.07) is 0. The molecule has 1 rings (SSSR count). The summed E-state index contributed by atoms with van der Waals surface area (Å²) < 4.78 is 31.5. The number of carbonyl (C=O) groups excluding carboxylic acids is 1. The molecule has 0 aromatic heterocycles. The van der Waals surface area contributed by atoms with Crippen molar-refractivity contribution in [3.8, 4) is 0 Å². The summed E-state index contributed by atoms with van der Waals surface area (Å²) in [7, 11) is -3.67. The minimum Gasteiger partial charge on any atom is -0.444 e. The van der Waals surface area contributed by atoms with Crippen molar-refractivity contribution in [1.82, 2.24) is 4.90 Å². The van der Waals surface area contributed by atoms with Crippen LogP contribution in [0, 0.1) is 5.92 Å². The highest BCUT2D eigenvalue weighted by molar-refractivity contribution is 7.85. The smallest absolute Gasteiger partial charge is 0.410 e. The van der Waals surface area contributed by atoms with Gasteiger partial charge in [-0.3, -0.25) is 4.28 Å². The minimum absolute atomic E-state index is 0.108. The molecule has 0 N–H and O–H groups in total. The van der Waals surface area contributed by atoms with Gasteiger partial charge in [-0.2, -0.15) is 8.42 Å². The quantitative estimate of drug-likeness (QED) is 0.574. The van der Waals surface area contributed by atoms with Gasteiger partial charge in [0, 0.05) is 19.0 Å². The monoisotopic (exact) mass is 354 g/mol. The third kappa shape index (κ3) is 7.31. The van der Waals surface area contributed by atoms with Crippen LogP contribution in [0.1, 0.15) is 40.0 Å². The average molecular weight is 355 g/mol. The molecule has 22 heavy (non-hydrogen) atoms. The standard InChI is InChI=1S/C13H23ClN2O5S/c1-13(2,3)20-12(17)16-8-5-6-10(7-9-16)11(14)15-21-22(4,18)19/h10H,5-9H2,1-4H3/b15-11-. The first-order valence-electron chi connectivity index (χ1n) is 7.08. The molecule has 1 aliphatic rings. The van der Waals surface area contributed by atoms with Gasteiger partial charge in [0.2, 0.25) is 0 Å². The van der Waals surface area contributed by atoms with Crippen LogP contribution >= 0.6 is 11.6 Å². The van der Waals surface area contributed by atoms with Gasteiger partial charge >= 0.3 is 16.2 Å². The van der Waals surface area contributed by atoms with Gasteiger partial charge < -0.3 is 9.64 Å². The Bertz CT molecular complexity index is 527. The van der Waals surface area contributed by atoms with Crippen LogP contribution in [0.3, 0.4) is 0 Å². The van der Waals surface area contributed by atoms with Gasteiger partial charge in [-0.15, -0.1) is 0 Å². The van der Waals surface area contributed by atoms with E-state index < -0.39 is 15.7 Å². The molecular weight excluding hydrogens is 332 g/mol. The van der Waals surface area contributed by atoms with E-state index >= 15 is 0 Å². The van der Waals surface area contributed by atoms with E-state index in [9.17, 15) is 13.2 Å². The fraction of sp³-hybridized carbons (Fsp3) is 0.846. The number of nitrogens with zero attached hydrogens (tertiary/aromatic N) is 2. The number of amides is 1. The van der Waals surface area contributed by atoms with Crippen molar-refractivity contribution in [1.29, 1.82) is 0 Å². The molecule has 1 unspecified atom stereocenters. The predicted octanol–water partition coefficient (Wildman–Crippen LogP) is 2.55. The van der Waals surface area contributed by atoms with Crippen LogP contribution in [0.5, 0.6) is 0 Å². The third-order valence-electron chi connectivity index (χ3n) is 2.98. The van der Waals surface area contributed by atoms with E-state index in [1.165, 1.54) is 0 Å². The van der Waals surface area contributed by atoms with Crippen LogP contribution in [-0.2, 0) is 19.1 Å². The summed E-state index contributed by atoms with van der Waals surface area (Å²) in [6.45, 7) is 6.50. The molecule has 1 saturated heterocycles. The van der Waals surface area contributed by atoms with Gasteiger partial charge in [0.15, 0.2) is 0 Å². The zero-order valence-electron chi connectivity index (χ0n) is 13.3. The molecule has 7 nitrogen and oxygen atoms in total. The molecule has 0 saturated carbocycles. The number of oxime groups is 1. The minimum atomic E-state index is -3.67. The fourth-order valence-corrected chi connectivity index (χ4v) is 2.53. The molecule has 1 fully saturated rings. The maximum Gasteiger partial charge on any atom is 0.410 e. The highest BCUT2D eigenvalue weighted by atomic mass is 35.5. The van der Waals surface area contributed by atoms with Gasteiger partial charge in [-0.25, -0.2) is 4.79 Å². The Morgan fingerprint density at radius 2 is 1.91 bits per heavy atom. The molecule has 0 aromatic rings. The summed E-state index contributed by atoms with van der Waals surface area (Å²) in [4.78, 5) is 13.7. The van der Waals surface area contributed by atoms with E-state index in [1.54, 1.807) is 4.90 Å². The first-order valence-corrected chi connectivity index (χ1v) is 9.27. The predicted molar refractivity (Wildman–Crippen MR) is 84.4 cm³/mol. The number of rotatable bonds is 3. The Labute approximate surface area is 136 Å². The Kier molecular flexibility index (Phi) is 6.49. The van der Waals surface area contributed by atoms with Gasteiger partial charge in [0.05, 0.1) is 6.26 Å². The van der Waals surface area contributed by atoms with Gasteiger partial charge in [-0.05, 0) is 40.0 Å². The lowest BCUT2D eigenvalue weighted by atomic mass is 10.0. The van der Waals surface area contributed by atoms with Crippen LogP contribution < -0.4 is 0 Å². The second-order valence-electron chi connectivity index (χ2n) is 6.29. The lowest BCUT2D eigenvalue weighted by molar-refractivity contribution is 0.0256. The number of hydrogen-bond acceptors (Lipinski definition) is 6. The van der Waals surface area contributed by atoms with Crippen molar-refractivity contribution in [2.45, 2.75) is 45.6 Å². The average Bonchev–Trinajstić information content (AvgIpc) is 2.58. The van der Waals surface area contributed by atoms with Crippen LogP contribution in [-0.4, -0.2) is 49.5 Å². The number of hydrogen-bond donors (Lipinski definition) is 0. The first-order chi connectivity index (χ1) is 9.98. The number of halogens is 1. The second kappa shape index (κ2) is 7.50. The summed E-state index contributed by atoms with van der Waals surface area (Å²) in [6.07, 6.45) is 2.56. The fourth-order valence-electron chi connectivity index (χ4n) is 2.02. The maximum atomic E-state index is 12.0. The number of carbonyl (C=O) groups is 1. The number of likely N-dealkylation sites (tertiary alicyclic amines) is 1. The molecule has 0 radical (unpaired) electrons. The van der Waals surface area contributed by atoms with Crippen LogP contribution in [0.4, 0.5) is 4.79 Å². The van der Waals surface area contributed by atoms with Gasteiger partial charge in [0.25, 0.3) is 0 Å². The van der Waals surface area contributed by atoms with E-state index in [-0.39, 0.29) is 17.2 Å². The third-order valence-corrected chi connectivity index (χ3v) is 3.70. The van der Waals surface area contributed by atoms with Crippen LogP contribution in [0.15, 0.2) is 5.16 Å². The maximum absolute atomic E-state index is 12.0. The summed E-state index contributed by atoms with van der Waals surface area (Å²) >= 11 is 6.00. The van der Waals surface area contributed by atoms with Crippen molar-refractivity contribution < 1.29 is 22.2 Å². The SMILES string of the molecule is CC(C)(C)OC(=O)N1CCCC(/C(Cl)=N/OS(C)(=O)=O)CC1. The highest BCUT2D eigenvalue weighted by Gasteiger charge is 2.27. The largest absolute Gasteiger partial charge is 0.444 e. The highest BCUT2D eigenvalue weighted by Crippen LogP contribution is 2.22. The summed E-state index contributed by atoms with van der Waals surface area (Å²) in [5.74, 6) is -0.129. The molecule has 128 valence electrons. The summed E-state index contributed by atoms with van der Waals surface area (Å²) in [5, 5.41) is 3.56. The normalized spacial score (nSPS) is 21.2. The molecule has 9 heteroatoms. The lowest BCUT2D eigenvalue weighted by Crippen LogP contribution is -2.37. The first kappa shape index (κ1) is 19.0. The zero-order valence-corrected chi connectivity index (χ0v) is 14.9. The van der Waals surface area contributed by atoms with E-state index in [2.05, 4.69) is 9.44 Å². The van der Waals surface area contributed by atoms with Crippen molar-refractivity contribution in [3.05, 3.63) is 0 Å². The van der Waals surface area contributed by atoms with E-state index in [1.807, 2.05) is 20.8 Å². The lowest BCUT2D eigenvalue weighted by Gasteiger charge is -2.26. The van der Waals surface area contributed by atoms with E-state index in [4.69, 9.17) is 16.3 Å².